The van der Waals surface area contributed by atoms with E-state index in [-0.39, 0.29) is 0 Å². The van der Waals surface area contributed by atoms with E-state index in [0.717, 1.165) is 22.6 Å². The summed E-state index contributed by atoms with van der Waals surface area (Å²) >= 11 is 0. The fraction of sp³-hybridized carbons (Fsp3) is 0.148. The van der Waals surface area contributed by atoms with Crippen molar-refractivity contribution in [1.82, 2.24) is 9.55 Å². The molecule has 2 aromatic heterocycles. The summed E-state index contributed by atoms with van der Waals surface area (Å²) in [6, 6.07) is 22.9. The molecule has 0 radical (unpaired) electrons. The first-order valence-electron chi connectivity index (χ1n) is 10.8. The average molecular weight is 456 g/mol. The summed E-state index contributed by atoms with van der Waals surface area (Å²) in [5.74, 6) is 1.04. The molecule has 0 spiro atoms. The second kappa shape index (κ2) is 11.0. The van der Waals surface area contributed by atoms with Crippen LogP contribution in [0.3, 0.4) is 0 Å². The number of ether oxygens (including phenoxy) is 2. The first kappa shape index (κ1) is 22.8. The molecule has 0 bridgehead atoms. The average Bonchev–Trinajstić information content (AvgIpc) is 3.26. The number of rotatable bonds is 9. The Hall–Kier alpha value is -4.39. The highest BCUT2D eigenvalue weighted by Gasteiger charge is 2.17. The van der Waals surface area contributed by atoms with Gasteiger partial charge < -0.3 is 18.9 Å². The Morgan fingerprint density at radius 1 is 0.941 bits per heavy atom. The number of esters is 1. The van der Waals surface area contributed by atoms with Gasteiger partial charge in [-0.3, -0.25) is 4.98 Å². The van der Waals surface area contributed by atoms with E-state index < -0.39 is 5.97 Å². The van der Waals surface area contributed by atoms with Crippen LogP contribution < -0.4 is 4.74 Å². The molecule has 0 atom stereocenters. The van der Waals surface area contributed by atoms with Gasteiger partial charge in [-0.1, -0.05) is 41.6 Å². The molecule has 7 heteroatoms. The molecule has 0 fully saturated rings. The molecule has 2 aromatic carbocycles. The third-order valence-corrected chi connectivity index (χ3v) is 5.15. The SMILES string of the molecule is CO/N=C(\Cn1cc(Cc2ccccn2)c(C(=O)OC)c1)c1cccc(Oc2ccccc2)c1. The molecular formula is C27H25N3O4. The number of pyridine rings is 1. The summed E-state index contributed by atoms with van der Waals surface area (Å²) in [7, 11) is 2.88. The molecule has 7 nitrogen and oxygen atoms in total. The van der Waals surface area contributed by atoms with Crippen LogP contribution in [0.5, 0.6) is 11.5 Å². The highest BCUT2D eigenvalue weighted by Crippen LogP contribution is 2.23. The Morgan fingerprint density at radius 3 is 2.47 bits per heavy atom. The predicted molar refractivity (Wildman–Crippen MR) is 129 cm³/mol. The van der Waals surface area contributed by atoms with Crippen LogP contribution in [0.15, 0.2) is 96.5 Å². The lowest BCUT2D eigenvalue weighted by atomic mass is 10.1. The van der Waals surface area contributed by atoms with Crippen LogP contribution in [0.2, 0.25) is 0 Å². The van der Waals surface area contributed by atoms with E-state index in [2.05, 4.69) is 10.1 Å². The minimum absolute atomic E-state index is 0.384. The van der Waals surface area contributed by atoms with Crippen molar-refractivity contribution in [1.29, 1.82) is 0 Å². The first-order valence-corrected chi connectivity index (χ1v) is 10.8. The maximum absolute atomic E-state index is 12.4. The molecule has 0 N–H and O–H groups in total. The Kier molecular flexibility index (Phi) is 7.35. The molecule has 4 rings (SSSR count). The second-order valence-corrected chi connectivity index (χ2v) is 7.52. The minimum atomic E-state index is -0.395. The molecule has 0 aliphatic carbocycles. The smallest absolute Gasteiger partial charge is 0.339 e. The van der Waals surface area contributed by atoms with Gasteiger partial charge in [0.15, 0.2) is 0 Å². The lowest BCUT2D eigenvalue weighted by molar-refractivity contribution is 0.0599. The molecule has 0 unspecified atom stereocenters. The number of nitrogens with zero attached hydrogens (tertiary/aromatic N) is 3. The molecule has 34 heavy (non-hydrogen) atoms. The van der Waals surface area contributed by atoms with Crippen molar-refractivity contribution < 1.29 is 19.1 Å². The monoisotopic (exact) mass is 455 g/mol. The van der Waals surface area contributed by atoms with Gasteiger partial charge in [0.25, 0.3) is 0 Å². The number of benzene rings is 2. The molecule has 4 aromatic rings. The lowest BCUT2D eigenvalue weighted by Gasteiger charge is -2.10. The molecule has 0 aliphatic heterocycles. The van der Waals surface area contributed by atoms with Crippen molar-refractivity contribution in [2.75, 3.05) is 14.2 Å². The van der Waals surface area contributed by atoms with E-state index >= 15 is 0 Å². The summed E-state index contributed by atoms with van der Waals surface area (Å²) in [5, 5.41) is 4.24. The van der Waals surface area contributed by atoms with Crippen molar-refractivity contribution >= 4 is 11.7 Å². The first-order chi connectivity index (χ1) is 16.7. The van der Waals surface area contributed by atoms with Crippen LogP contribution in [-0.4, -0.2) is 35.5 Å². The number of hydrogen-bond donors (Lipinski definition) is 0. The number of para-hydroxylation sites is 1. The van der Waals surface area contributed by atoms with Crippen LogP contribution in [-0.2, 0) is 22.5 Å². The predicted octanol–water partition coefficient (Wildman–Crippen LogP) is 5.10. The molecule has 0 aliphatic rings. The molecule has 2 heterocycles. The van der Waals surface area contributed by atoms with Crippen molar-refractivity contribution in [3.63, 3.8) is 0 Å². The van der Waals surface area contributed by atoms with Crippen molar-refractivity contribution in [2.45, 2.75) is 13.0 Å². The number of aromatic nitrogens is 2. The fourth-order valence-electron chi connectivity index (χ4n) is 3.60. The van der Waals surface area contributed by atoms with Crippen LogP contribution in [0.25, 0.3) is 0 Å². The highest BCUT2D eigenvalue weighted by molar-refractivity contribution is 6.00. The van der Waals surface area contributed by atoms with Gasteiger partial charge in [-0.05, 0) is 42.0 Å². The Bertz CT molecular complexity index is 1270. The summed E-state index contributed by atoms with van der Waals surface area (Å²) in [4.78, 5) is 21.9. The highest BCUT2D eigenvalue weighted by atomic mass is 16.6. The molecular weight excluding hydrogens is 430 g/mol. The number of carbonyl (C=O) groups is 1. The molecule has 0 saturated heterocycles. The summed E-state index contributed by atoms with van der Waals surface area (Å²) in [6.45, 7) is 0.384. The van der Waals surface area contributed by atoms with Crippen molar-refractivity contribution in [3.05, 3.63) is 114 Å². The topological polar surface area (TPSA) is 74.9 Å². The Morgan fingerprint density at radius 2 is 1.74 bits per heavy atom. The van der Waals surface area contributed by atoms with Crippen LogP contribution in [0.1, 0.15) is 27.2 Å². The van der Waals surface area contributed by atoms with E-state index in [4.69, 9.17) is 14.3 Å². The van der Waals surface area contributed by atoms with Gasteiger partial charge in [-0.2, -0.15) is 0 Å². The zero-order chi connectivity index (χ0) is 23.8. The van der Waals surface area contributed by atoms with Gasteiger partial charge in [0, 0.05) is 36.3 Å². The molecule has 0 amide bonds. The maximum Gasteiger partial charge on any atom is 0.339 e. The summed E-state index contributed by atoms with van der Waals surface area (Å²) in [6.07, 6.45) is 5.92. The number of oxime groups is 1. The van der Waals surface area contributed by atoms with Gasteiger partial charge in [-0.25, -0.2) is 4.79 Å². The van der Waals surface area contributed by atoms with Crippen molar-refractivity contribution in [3.8, 4) is 11.5 Å². The number of carbonyl (C=O) groups excluding carboxylic acids is 1. The van der Waals surface area contributed by atoms with E-state index in [1.807, 2.05) is 83.6 Å². The zero-order valence-electron chi connectivity index (χ0n) is 19.0. The normalized spacial score (nSPS) is 11.2. The van der Waals surface area contributed by atoms with Gasteiger partial charge in [0.05, 0.1) is 19.2 Å². The number of hydrogen-bond acceptors (Lipinski definition) is 6. The summed E-state index contributed by atoms with van der Waals surface area (Å²) in [5.41, 5.74) is 3.70. The third kappa shape index (κ3) is 5.69. The lowest BCUT2D eigenvalue weighted by Crippen LogP contribution is -2.11. The molecule has 172 valence electrons. The fourth-order valence-corrected chi connectivity index (χ4v) is 3.60. The van der Waals surface area contributed by atoms with Crippen LogP contribution >= 0.6 is 0 Å². The standard InChI is InChI=1S/C27H25N3O4/c1-32-27(31)25-18-30(17-21(25)15-22-10-6-7-14-28-22)19-26(29-33-2)20-9-8-13-24(16-20)34-23-11-4-3-5-12-23/h3-14,16-18H,15,19H2,1-2H3/b29-26+. The second-order valence-electron chi connectivity index (χ2n) is 7.52. The van der Waals surface area contributed by atoms with Crippen LogP contribution in [0, 0.1) is 0 Å². The minimum Gasteiger partial charge on any atom is -0.465 e. The van der Waals surface area contributed by atoms with E-state index in [0.29, 0.717) is 30.0 Å². The zero-order valence-corrected chi connectivity index (χ0v) is 19.0. The van der Waals surface area contributed by atoms with Gasteiger partial charge in [-0.15, -0.1) is 0 Å². The van der Waals surface area contributed by atoms with E-state index in [1.165, 1.54) is 14.2 Å². The third-order valence-electron chi connectivity index (χ3n) is 5.15. The Balaban J connectivity index is 1.60. The van der Waals surface area contributed by atoms with Gasteiger partial charge >= 0.3 is 5.97 Å². The van der Waals surface area contributed by atoms with Crippen LogP contribution in [0.4, 0.5) is 0 Å². The van der Waals surface area contributed by atoms with Gasteiger partial charge in [0.2, 0.25) is 0 Å². The van der Waals surface area contributed by atoms with E-state index in [1.54, 1.807) is 12.4 Å². The maximum atomic E-state index is 12.4. The number of methoxy groups -OCH3 is 1. The van der Waals surface area contributed by atoms with Gasteiger partial charge in [0.1, 0.15) is 24.3 Å². The Labute approximate surface area is 198 Å². The van der Waals surface area contributed by atoms with Crippen molar-refractivity contribution in [2.24, 2.45) is 5.16 Å². The van der Waals surface area contributed by atoms with E-state index in [9.17, 15) is 4.79 Å². The molecule has 0 saturated carbocycles. The largest absolute Gasteiger partial charge is 0.465 e. The quantitative estimate of drug-likeness (QED) is 0.199. The summed E-state index contributed by atoms with van der Waals surface area (Å²) < 4.78 is 12.9.